The molecule has 0 aliphatic rings. The number of amides is 2. The number of methoxy groups -OCH3 is 2. The fraction of sp³-hybridized carbons (Fsp3) is 0.0833. The smallest absolute Gasteiger partial charge is 0.340 e. The van der Waals surface area contributed by atoms with Gasteiger partial charge in [0, 0.05) is 16.8 Å². The number of hydrazone groups is 1. The van der Waals surface area contributed by atoms with Gasteiger partial charge in [0.1, 0.15) is 5.56 Å². The van der Waals surface area contributed by atoms with Gasteiger partial charge in [0.2, 0.25) is 0 Å². The molecule has 2 amide bonds. The summed E-state index contributed by atoms with van der Waals surface area (Å²) in [6, 6.07) is 15.8. The minimum Gasteiger partial charge on any atom is -0.493 e. The summed E-state index contributed by atoms with van der Waals surface area (Å²) in [5.74, 6) is -1.85. The number of carbonyl (C=O) groups is 3. The van der Waals surface area contributed by atoms with Crippen molar-refractivity contribution in [2.24, 2.45) is 5.10 Å². The number of carboxylic acid groups (broad SMARTS) is 1. The van der Waals surface area contributed by atoms with E-state index in [1.807, 2.05) is 0 Å². The van der Waals surface area contributed by atoms with Crippen LogP contribution >= 0.6 is 11.6 Å². The Kier molecular flexibility index (Phi) is 7.83. The fourth-order valence-electron chi connectivity index (χ4n) is 3.04. The normalized spacial score (nSPS) is 10.6. The predicted molar refractivity (Wildman–Crippen MR) is 127 cm³/mol. The van der Waals surface area contributed by atoms with Crippen LogP contribution < -0.4 is 20.2 Å². The van der Waals surface area contributed by atoms with Crippen molar-refractivity contribution in [3.63, 3.8) is 0 Å². The van der Waals surface area contributed by atoms with Crippen LogP contribution in [-0.4, -0.2) is 43.3 Å². The molecule has 0 saturated carbocycles. The molecule has 3 N–H and O–H groups in total. The molecule has 0 unspecified atom stereocenters. The van der Waals surface area contributed by atoms with Crippen LogP contribution in [0, 0.1) is 0 Å². The van der Waals surface area contributed by atoms with E-state index in [1.165, 1.54) is 44.7 Å². The minimum atomic E-state index is -1.24. The molecule has 9 nitrogen and oxygen atoms in total. The van der Waals surface area contributed by atoms with Gasteiger partial charge >= 0.3 is 5.97 Å². The second kappa shape index (κ2) is 11.0. The lowest BCUT2D eigenvalue weighted by molar-refractivity contribution is 0.0692. The predicted octanol–water partition coefficient (Wildman–Crippen LogP) is 4.07. The second-order valence-corrected chi connectivity index (χ2v) is 7.19. The highest BCUT2D eigenvalue weighted by Gasteiger charge is 2.20. The van der Waals surface area contributed by atoms with Gasteiger partial charge in [-0.1, -0.05) is 23.7 Å². The second-order valence-electron chi connectivity index (χ2n) is 6.78. The van der Waals surface area contributed by atoms with E-state index in [4.69, 9.17) is 21.1 Å². The van der Waals surface area contributed by atoms with E-state index < -0.39 is 11.9 Å². The first-order valence-electron chi connectivity index (χ1n) is 9.83. The van der Waals surface area contributed by atoms with Gasteiger partial charge in [-0.05, 0) is 48.5 Å². The largest absolute Gasteiger partial charge is 0.493 e. The average Bonchev–Trinajstić information content (AvgIpc) is 2.83. The number of anilines is 1. The van der Waals surface area contributed by atoms with Crippen LogP contribution in [0.3, 0.4) is 0 Å². The summed E-state index contributed by atoms with van der Waals surface area (Å²) >= 11 is 6.03. The van der Waals surface area contributed by atoms with Crippen molar-refractivity contribution in [3.05, 3.63) is 87.9 Å². The molecular formula is C24H20ClN3O6. The number of benzene rings is 3. The van der Waals surface area contributed by atoms with Crippen LogP contribution in [0.15, 0.2) is 65.8 Å². The molecule has 0 aliphatic heterocycles. The Balaban J connectivity index is 1.68. The van der Waals surface area contributed by atoms with Crippen LogP contribution in [0.5, 0.6) is 11.5 Å². The summed E-state index contributed by atoms with van der Waals surface area (Å²) in [5, 5.41) is 16.4. The molecule has 3 aromatic carbocycles. The van der Waals surface area contributed by atoms with Crippen LogP contribution in [-0.2, 0) is 0 Å². The summed E-state index contributed by atoms with van der Waals surface area (Å²) in [4.78, 5) is 36.4. The molecule has 0 fully saturated rings. The number of ether oxygens (including phenoxy) is 2. The molecule has 0 radical (unpaired) electrons. The summed E-state index contributed by atoms with van der Waals surface area (Å²) in [5.41, 5.74) is 3.47. The summed E-state index contributed by atoms with van der Waals surface area (Å²) in [6.45, 7) is 0. The molecule has 3 aromatic rings. The maximum atomic E-state index is 12.4. The Morgan fingerprint density at radius 3 is 2.26 bits per heavy atom. The molecule has 174 valence electrons. The third kappa shape index (κ3) is 5.51. The molecule has 10 heteroatoms. The van der Waals surface area contributed by atoms with Gasteiger partial charge in [0.05, 0.1) is 31.0 Å². The standard InChI is InChI=1S/C24H20ClN3O6/c1-33-19-12-9-15(20(24(31)32)21(19)34-2)13-26-28-22(29)14-7-10-16(11-8-14)27-23(30)17-5-3-4-6-18(17)25/h3-13H,1-2H3,(H,27,30)(H,28,29)(H,31,32)/b26-13-. The number of hydrogen-bond acceptors (Lipinski definition) is 6. The number of nitrogens with zero attached hydrogens (tertiary/aromatic N) is 1. The van der Waals surface area contributed by atoms with Gasteiger partial charge in [-0.25, -0.2) is 10.2 Å². The Morgan fingerprint density at radius 2 is 1.65 bits per heavy atom. The molecule has 0 aromatic heterocycles. The van der Waals surface area contributed by atoms with E-state index in [1.54, 1.807) is 36.4 Å². The summed E-state index contributed by atoms with van der Waals surface area (Å²) < 4.78 is 10.3. The average molecular weight is 482 g/mol. The van der Waals surface area contributed by atoms with Gasteiger partial charge in [0.25, 0.3) is 11.8 Å². The Morgan fingerprint density at radius 1 is 0.941 bits per heavy atom. The molecule has 3 rings (SSSR count). The lowest BCUT2D eigenvalue weighted by Gasteiger charge is -2.12. The summed E-state index contributed by atoms with van der Waals surface area (Å²) in [7, 11) is 2.72. The highest BCUT2D eigenvalue weighted by atomic mass is 35.5. The number of halogens is 1. The SMILES string of the molecule is COc1ccc(/C=N\NC(=O)c2ccc(NC(=O)c3ccccc3Cl)cc2)c(C(=O)O)c1OC. The molecule has 0 aliphatic carbocycles. The molecule has 0 heterocycles. The van der Waals surface area contributed by atoms with Crippen molar-refractivity contribution in [2.75, 3.05) is 19.5 Å². The van der Waals surface area contributed by atoms with Crippen LogP contribution in [0.4, 0.5) is 5.69 Å². The quantitative estimate of drug-likeness (QED) is 0.329. The maximum Gasteiger partial charge on any atom is 0.340 e. The number of rotatable bonds is 8. The number of nitrogens with one attached hydrogen (secondary N) is 2. The van der Waals surface area contributed by atoms with E-state index in [-0.39, 0.29) is 34.1 Å². The zero-order chi connectivity index (χ0) is 24.7. The van der Waals surface area contributed by atoms with Gasteiger partial charge < -0.3 is 19.9 Å². The zero-order valence-corrected chi connectivity index (χ0v) is 18.9. The Bertz CT molecular complexity index is 1260. The van der Waals surface area contributed by atoms with E-state index >= 15 is 0 Å². The minimum absolute atomic E-state index is 0.0414. The summed E-state index contributed by atoms with van der Waals surface area (Å²) in [6.07, 6.45) is 1.20. The van der Waals surface area contributed by atoms with E-state index in [2.05, 4.69) is 15.8 Å². The molecule has 0 bridgehead atoms. The number of carbonyl (C=O) groups excluding carboxylic acids is 2. The maximum absolute atomic E-state index is 12.4. The van der Waals surface area contributed by atoms with Gasteiger partial charge in [-0.2, -0.15) is 5.10 Å². The van der Waals surface area contributed by atoms with Gasteiger partial charge in [-0.3, -0.25) is 9.59 Å². The van der Waals surface area contributed by atoms with Gasteiger partial charge in [-0.15, -0.1) is 0 Å². The molecule has 0 spiro atoms. The van der Waals surface area contributed by atoms with E-state index in [0.717, 1.165) is 0 Å². The molecule has 0 atom stereocenters. The first-order valence-corrected chi connectivity index (χ1v) is 10.2. The van der Waals surface area contributed by atoms with Crippen LogP contribution in [0.2, 0.25) is 5.02 Å². The molecule has 0 saturated heterocycles. The molecule has 34 heavy (non-hydrogen) atoms. The first-order chi connectivity index (χ1) is 16.3. The third-order valence-corrected chi connectivity index (χ3v) is 5.01. The monoisotopic (exact) mass is 481 g/mol. The van der Waals surface area contributed by atoms with Crippen molar-refractivity contribution in [3.8, 4) is 11.5 Å². The van der Waals surface area contributed by atoms with Crippen molar-refractivity contribution in [2.45, 2.75) is 0 Å². The van der Waals surface area contributed by atoms with Crippen LogP contribution in [0.25, 0.3) is 0 Å². The number of carboxylic acids is 1. The highest BCUT2D eigenvalue weighted by molar-refractivity contribution is 6.34. The van der Waals surface area contributed by atoms with Crippen molar-refractivity contribution >= 4 is 41.3 Å². The van der Waals surface area contributed by atoms with Crippen molar-refractivity contribution < 1.29 is 29.0 Å². The van der Waals surface area contributed by atoms with Crippen molar-refractivity contribution in [1.29, 1.82) is 0 Å². The zero-order valence-electron chi connectivity index (χ0n) is 18.2. The lowest BCUT2D eigenvalue weighted by atomic mass is 10.1. The van der Waals surface area contributed by atoms with Crippen LogP contribution in [0.1, 0.15) is 36.6 Å². The first kappa shape index (κ1) is 24.3. The van der Waals surface area contributed by atoms with Gasteiger partial charge in [0.15, 0.2) is 11.5 Å². The highest BCUT2D eigenvalue weighted by Crippen LogP contribution is 2.32. The fourth-order valence-corrected chi connectivity index (χ4v) is 3.27. The lowest BCUT2D eigenvalue weighted by Crippen LogP contribution is -2.18. The van der Waals surface area contributed by atoms with E-state index in [0.29, 0.717) is 16.3 Å². The molecular weight excluding hydrogens is 462 g/mol. The number of aromatic carboxylic acids is 1. The number of hydrogen-bond donors (Lipinski definition) is 3. The van der Waals surface area contributed by atoms with Crippen molar-refractivity contribution in [1.82, 2.24) is 5.43 Å². The third-order valence-electron chi connectivity index (χ3n) is 4.68. The topological polar surface area (TPSA) is 126 Å². The Hall–Kier alpha value is -4.37. The van der Waals surface area contributed by atoms with E-state index in [9.17, 15) is 19.5 Å². The Labute approximate surface area is 200 Å².